The van der Waals surface area contributed by atoms with E-state index in [1.807, 2.05) is 121 Å². The highest BCUT2D eigenvalue weighted by Gasteiger charge is 2.50. The quantitative estimate of drug-likeness (QED) is 0.113. The molecule has 46 heavy (non-hydrogen) atoms. The minimum atomic E-state index is -3.61. The first-order valence-corrected chi connectivity index (χ1v) is 18.0. The van der Waals surface area contributed by atoms with Crippen LogP contribution in [0.1, 0.15) is 42.5 Å². The summed E-state index contributed by atoms with van der Waals surface area (Å²) in [5.41, 5.74) is 4.00. The van der Waals surface area contributed by atoms with Gasteiger partial charge < -0.3 is 23.5 Å². The van der Waals surface area contributed by atoms with Crippen LogP contribution in [0.25, 0.3) is 0 Å². The van der Waals surface area contributed by atoms with Crippen molar-refractivity contribution in [3.05, 3.63) is 144 Å². The number of benzene rings is 4. The summed E-state index contributed by atoms with van der Waals surface area (Å²) >= 11 is 0. The largest absolute Gasteiger partial charge is 0.371 e. The predicted octanol–water partition coefficient (Wildman–Crippen LogP) is 8.57. The molecule has 0 spiro atoms. The molecule has 0 saturated carbocycles. The monoisotopic (exact) mass is 644 g/mol. The lowest BCUT2D eigenvalue weighted by Crippen LogP contribution is -2.59. The van der Waals surface area contributed by atoms with Gasteiger partial charge in [0.2, 0.25) is 0 Å². The molecule has 1 aliphatic heterocycles. The Balaban J connectivity index is 1.41. The minimum Gasteiger partial charge on any atom is -0.371 e. The third-order valence-corrected chi connectivity index (χ3v) is 9.36. The standard InChI is InChI=1S/C38H45O7P/c1-4-34(40-25-30-17-9-5-10-18-30)35-29(2)36(41-26-31-19-11-6-12-20-31)37(42-27-32-21-13-7-14-22-32)38(44-35)45-46(3,39)43-28-33-23-15-8-16-24-33/h5-24,29,34-38H,4,25-28H2,1-3H3/t29-,34-,35+,36+,37+,38-,46?/m1/s1. The average Bonchev–Trinajstić information content (AvgIpc) is 3.09. The molecule has 7 nitrogen and oxygen atoms in total. The summed E-state index contributed by atoms with van der Waals surface area (Å²) in [6.45, 7) is 6.91. The maximum atomic E-state index is 13.8. The van der Waals surface area contributed by atoms with Gasteiger partial charge in [-0.2, -0.15) is 0 Å². The summed E-state index contributed by atoms with van der Waals surface area (Å²) in [5, 5.41) is 0. The van der Waals surface area contributed by atoms with Crippen LogP contribution in [0.4, 0.5) is 0 Å². The van der Waals surface area contributed by atoms with Gasteiger partial charge in [0, 0.05) is 12.6 Å². The second kappa shape index (κ2) is 17.1. The molecule has 5 rings (SSSR count). The Morgan fingerprint density at radius 2 is 1.09 bits per heavy atom. The van der Waals surface area contributed by atoms with Gasteiger partial charge in [0.25, 0.3) is 0 Å². The summed E-state index contributed by atoms with van der Waals surface area (Å²) in [6.07, 6.45) is -2.20. The second-order valence-electron chi connectivity index (χ2n) is 11.7. The Hall–Kier alpha value is -3.13. The topological polar surface area (TPSA) is 72.5 Å². The van der Waals surface area contributed by atoms with Gasteiger partial charge in [-0.05, 0) is 28.7 Å². The van der Waals surface area contributed by atoms with Crippen molar-refractivity contribution in [2.45, 2.75) is 77.4 Å². The van der Waals surface area contributed by atoms with Crippen molar-refractivity contribution in [2.24, 2.45) is 5.92 Å². The Labute approximate surface area is 273 Å². The van der Waals surface area contributed by atoms with Crippen molar-refractivity contribution in [2.75, 3.05) is 6.66 Å². The van der Waals surface area contributed by atoms with Crippen LogP contribution in [-0.2, 0) is 59.0 Å². The van der Waals surface area contributed by atoms with Gasteiger partial charge >= 0.3 is 7.60 Å². The molecular formula is C38H45O7P. The summed E-state index contributed by atoms with van der Waals surface area (Å²) in [5.74, 6) is -0.147. The molecule has 7 atom stereocenters. The van der Waals surface area contributed by atoms with Gasteiger partial charge in [0.1, 0.15) is 6.10 Å². The van der Waals surface area contributed by atoms with E-state index in [4.69, 9.17) is 28.0 Å². The summed E-state index contributed by atoms with van der Waals surface area (Å²) < 4.78 is 52.4. The minimum absolute atomic E-state index is 0.141. The summed E-state index contributed by atoms with van der Waals surface area (Å²) in [7, 11) is -3.61. The number of hydrogen-bond donors (Lipinski definition) is 0. The van der Waals surface area contributed by atoms with Crippen LogP contribution in [0.15, 0.2) is 121 Å². The van der Waals surface area contributed by atoms with Crippen molar-refractivity contribution in [3.63, 3.8) is 0 Å². The Bertz CT molecular complexity index is 1470. The molecule has 0 N–H and O–H groups in total. The fourth-order valence-corrected chi connectivity index (χ4v) is 6.66. The van der Waals surface area contributed by atoms with E-state index in [0.717, 1.165) is 22.3 Å². The highest BCUT2D eigenvalue weighted by atomic mass is 31.2. The normalized spacial score (nSPS) is 23.4. The second-order valence-corrected chi connectivity index (χ2v) is 13.7. The van der Waals surface area contributed by atoms with Crippen LogP contribution >= 0.6 is 7.60 Å². The molecule has 1 fully saturated rings. The van der Waals surface area contributed by atoms with Gasteiger partial charge in [-0.25, -0.2) is 0 Å². The molecule has 0 bridgehead atoms. The molecule has 0 aliphatic carbocycles. The number of hydrogen-bond acceptors (Lipinski definition) is 7. The maximum Gasteiger partial charge on any atom is 0.330 e. The molecule has 1 saturated heterocycles. The number of ether oxygens (including phenoxy) is 4. The average molecular weight is 645 g/mol. The van der Waals surface area contributed by atoms with Gasteiger partial charge in [0.05, 0.1) is 44.7 Å². The van der Waals surface area contributed by atoms with E-state index in [-0.39, 0.29) is 18.6 Å². The molecule has 1 unspecified atom stereocenters. The summed E-state index contributed by atoms with van der Waals surface area (Å²) in [4.78, 5) is 0. The SMILES string of the molecule is CC[C@@H](OCc1ccccc1)[C@H]1O[C@H](OP(C)(=O)OCc2ccccc2)[C@@H](OCc2ccccc2)[C@@H](OCc2ccccc2)[C@@H]1C. The highest BCUT2D eigenvalue weighted by molar-refractivity contribution is 7.52. The van der Waals surface area contributed by atoms with Crippen LogP contribution in [0, 0.1) is 5.92 Å². The van der Waals surface area contributed by atoms with Crippen molar-refractivity contribution in [1.82, 2.24) is 0 Å². The zero-order valence-corrected chi connectivity index (χ0v) is 27.7. The van der Waals surface area contributed by atoms with E-state index in [2.05, 4.69) is 13.8 Å². The first kappa shape index (κ1) is 34.2. The van der Waals surface area contributed by atoms with Gasteiger partial charge in [-0.15, -0.1) is 0 Å². The van der Waals surface area contributed by atoms with Crippen LogP contribution in [0.2, 0.25) is 0 Å². The third-order valence-electron chi connectivity index (χ3n) is 8.17. The van der Waals surface area contributed by atoms with E-state index in [0.29, 0.717) is 26.2 Å². The van der Waals surface area contributed by atoms with Crippen LogP contribution in [-0.4, -0.2) is 37.4 Å². The molecule has 4 aromatic carbocycles. The molecule has 244 valence electrons. The van der Waals surface area contributed by atoms with Crippen LogP contribution < -0.4 is 0 Å². The first-order chi connectivity index (χ1) is 22.4. The molecule has 0 amide bonds. The molecule has 8 heteroatoms. The van der Waals surface area contributed by atoms with Gasteiger partial charge in [-0.1, -0.05) is 135 Å². The zero-order valence-electron chi connectivity index (χ0n) is 26.9. The van der Waals surface area contributed by atoms with E-state index in [1.54, 1.807) is 0 Å². The maximum absolute atomic E-state index is 13.8. The van der Waals surface area contributed by atoms with Crippen LogP contribution in [0.3, 0.4) is 0 Å². The first-order valence-electron chi connectivity index (χ1n) is 16.0. The fourth-order valence-electron chi connectivity index (χ4n) is 5.67. The van der Waals surface area contributed by atoms with Crippen molar-refractivity contribution < 1.29 is 32.6 Å². The smallest absolute Gasteiger partial charge is 0.330 e. The molecular weight excluding hydrogens is 599 g/mol. The lowest BCUT2D eigenvalue weighted by molar-refractivity contribution is -0.299. The zero-order chi connectivity index (χ0) is 32.2. The fraction of sp³-hybridized carbons (Fsp3) is 0.368. The van der Waals surface area contributed by atoms with Gasteiger partial charge in [-0.3, -0.25) is 9.09 Å². The van der Waals surface area contributed by atoms with E-state index >= 15 is 0 Å². The van der Waals surface area contributed by atoms with Gasteiger partial charge in [0.15, 0.2) is 6.29 Å². The molecule has 0 radical (unpaired) electrons. The molecule has 4 aromatic rings. The lowest BCUT2D eigenvalue weighted by atomic mass is 9.86. The summed E-state index contributed by atoms with van der Waals surface area (Å²) in [6, 6.07) is 39.6. The Morgan fingerprint density at radius 3 is 1.57 bits per heavy atom. The Kier molecular flexibility index (Phi) is 12.8. The lowest BCUT2D eigenvalue weighted by Gasteiger charge is -2.47. The molecule has 1 heterocycles. The van der Waals surface area contributed by atoms with Crippen molar-refractivity contribution in [1.29, 1.82) is 0 Å². The van der Waals surface area contributed by atoms with Crippen molar-refractivity contribution >= 4 is 7.60 Å². The number of rotatable bonds is 16. The van der Waals surface area contributed by atoms with E-state index in [1.165, 1.54) is 6.66 Å². The van der Waals surface area contributed by atoms with E-state index < -0.39 is 32.2 Å². The Morgan fingerprint density at radius 1 is 0.652 bits per heavy atom. The van der Waals surface area contributed by atoms with Crippen molar-refractivity contribution in [3.8, 4) is 0 Å². The molecule has 0 aromatic heterocycles. The predicted molar refractivity (Wildman–Crippen MR) is 179 cm³/mol. The third kappa shape index (κ3) is 9.93. The molecule has 1 aliphatic rings. The highest BCUT2D eigenvalue weighted by Crippen LogP contribution is 2.49. The van der Waals surface area contributed by atoms with E-state index in [9.17, 15) is 4.57 Å². The van der Waals surface area contributed by atoms with Crippen LogP contribution in [0.5, 0.6) is 0 Å².